The third-order valence-corrected chi connectivity index (χ3v) is 6.09. The minimum Gasteiger partial charge on any atom is -0.373 e. The van der Waals surface area contributed by atoms with Crippen LogP contribution in [0.4, 0.5) is 8.78 Å². The molecule has 8 nitrogen and oxygen atoms in total. The molecule has 0 saturated carbocycles. The van der Waals surface area contributed by atoms with Crippen molar-refractivity contribution in [3.63, 3.8) is 0 Å². The number of fused-ring (bicyclic) bond motifs is 1. The molecule has 4 aromatic rings. The van der Waals surface area contributed by atoms with E-state index in [9.17, 15) is 13.6 Å². The molecule has 1 aromatic carbocycles. The van der Waals surface area contributed by atoms with E-state index in [1.54, 1.807) is 10.9 Å². The molecule has 3 aromatic heterocycles. The highest BCUT2D eigenvalue weighted by molar-refractivity contribution is 5.74. The molecule has 1 saturated heterocycles. The molecular formula is C24H20F2N6O2. The molecule has 2 atom stereocenters. The summed E-state index contributed by atoms with van der Waals surface area (Å²) in [6, 6.07) is 5.88. The normalized spacial score (nSPS) is 18.2. The van der Waals surface area contributed by atoms with Crippen molar-refractivity contribution in [3.05, 3.63) is 81.3 Å². The first-order chi connectivity index (χ1) is 16.4. The fourth-order valence-corrected chi connectivity index (χ4v) is 4.30. The van der Waals surface area contributed by atoms with E-state index in [-0.39, 0.29) is 40.2 Å². The Hall–Kier alpha value is -3.97. The largest absolute Gasteiger partial charge is 0.373 e. The first-order valence-electron chi connectivity index (χ1n) is 10.7. The number of hydrogen-bond acceptors (Lipinski definition) is 6. The number of halogens is 2. The molecule has 0 spiro atoms. The highest BCUT2D eigenvalue weighted by atomic mass is 19.1. The van der Waals surface area contributed by atoms with Crippen LogP contribution in [0.3, 0.4) is 0 Å². The predicted molar refractivity (Wildman–Crippen MR) is 118 cm³/mol. The van der Waals surface area contributed by atoms with E-state index in [1.165, 1.54) is 25.3 Å². The third kappa shape index (κ3) is 3.74. The molecule has 4 heterocycles. The number of benzene rings is 1. The Morgan fingerprint density at radius 1 is 1.24 bits per heavy atom. The van der Waals surface area contributed by atoms with E-state index in [0.717, 1.165) is 16.0 Å². The van der Waals surface area contributed by atoms with Crippen LogP contribution in [-0.2, 0) is 11.8 Å². The Morgan fingerprint density at radius 3 is 2.76 bits per heavy atom. The van der Waals surface area contributed by atoms with Crippen molar-refractivity contribution in [3.8, 4) is 17.3 Å². The van der Waals surface area contributed by atoms with Crippen LogP contribution in [-0.4, -0.2) is 30.8 Å². The van der Waals surface area contributed by atoms with Gasteiger partial charge in [-0.3, -0.25) is 13.9 Å². The van der Waals surface area contributed by atoms with Gasteiger partial charge in [0.25, 0.3) is 5.56 Å². The quantitative estimate of drug-likeness (QED) is 0.462. The Labute approximate surface area is 193 Å². The van der Waals surface area contributed by atoms with Gasteiger partial charge in [0, 0.05) is 43.1 Å². The van der Waals surface area contributed by atoms with Crippen molar-refractivity contribution in [2.45, 2.75) is 31.8 Å². The Bertz CT molecular complexity index is 1520. The van der Waals surface area contributed by atoms with Crippen LogP contribution in [0.1, 0.15) is 47.4 Å². The van der Waals surface area contributed by atoms with Gasteiger partial charge in [-0.2, -0.15) is 14.8 Å². The van der Waals surface area contributed by atoms with Gasteiger partial charge >= 0.3 is 0 Å². The maximum atomic E-state index is 15.0. The molecule has 1 fully saturated rings. The fourth-order valence-electron chi connectivity index (χ4n) is 4.30. The van der Waals surface area contributed by atoms with Crippen LogP contribution in [0.15, 0.2) is 41.6 Å². The Kier molecular flexibility index (Phi) is 5.42. The van der Waals surface area contributed by atoms with Gasteiger partial charge in [0.05, 0.1) is 35.3 Å². The summed E-state index contributed by atoms with van der Waals surface area (Å²) in [6.45, 7) is 1.83. The van der Waals surface area contributed by atoms with Crippen molar-refractivity contribution >= 4 is 5.65 Å². The van der Waals surface area contributed by atoms with Crippen LogP contribution in [0.2, 0.25) is 0 Å². The lowest BCUT2D eigenvalue weighted by molar-refractivity contribution is 0.00455. The van der Waals surface area contributed by atoms with E-state index in [1.807, 2.05) is 19.3 Å². The van der Waals surface area contributed by atoms with Crippen LogP contribution in [0, 0.1) is 29.9 Å². The van der Waals surface area contributed by atoms with Crippen LogP contribution >= 0.6 is 0 Å². The molecular weight excluding hydrogens is 442 g/mol. The molecule has 0 aliphatic carbocycles. The summed E-state index contributed by atoms with van der Waals surface area (Å²) in [5, 5.41) is 13.3. The molecule has 10 heteroatoms. The second kappa shape index (κ2) is 8.43. The first kappa shape index (κ1) is 21.9. The van der Waals surface area contributed by atoms with E-state index in [0.29, 0.717) is 25.1 Å². The SMILES string of the molecule is Cc1nc2c(-c3ccc(C#N)cc3F)nc([C@@H]3CCO[C@@H](c4cnn(C)c4)C3)cn2c(=O)c1F. The topological polar surface area (TPSA) is 98.1 Å². The number of ether oxygens (including phenoxy) is 1. The molecule has 1 aliphatic heterocycles. The van der Waals surface area contributed by atoms with E-state index >= 15 is 0 Å². The lowest BCUT2D eigenvalue weighted by Crippen LogP contribution is -2.24. The number of nitriles is 1. The molecule has 0 unspecified atom stereocenters. The minimum absolute atomic E-state index is 0.0483. The van der Waals surface area contributed by atoms with Gasteiger partial charge in [-0.15, -0.1) is 0 Å². The van der Waals surface area contributed by atoms with Gasteiger partial charge in [-0.05, 0) is 38.0 Å². The van der Waals surface area contributed by atoms with Crippen LogP contribution in [0.25, 0.3) is 16.9 Å². The number of nitrogens with zero attached hydrogens (tertiary/aromatic N) is 6. The molecule has 172 valence electrons. The van der Waals surface area contributed by atoms with Crippen molar-refractivity contribution < 1.29 is 13.5 Å². The number of rotatable bonds is 3. The highest BCUT2D eigenvalue weighted by Gasteiger charge is 2.29. The number of hydrogen-bond donors (Lipinski definition) is 0. The third-order valence-electron chi connectivity index (χ3n) is 6.09. The molecule has 0 bridgehead atoms. The summed E-state index contributed by atoms with van der Waals surface area (Å²) in [5.74, 6) is -1.78. The van der Waals surface area contributed by atoms with Crippen LogP contribution < -0.4 is 5.56 Å². The maximum absolute atomic E-state index is 15.0. The van der Waals surface area contributed by atoms with E-state index in [4.69, 9.17) is 15.0 Å². The molecule has 0 amide bonds. The summed E-state index contributed by atoms with van der Waals surface area (Å²) in [4.78, 5) is 21.7. The van der Waals surface area contributed by atoms with Crippen molar-refractivity contribution in [2.24, 2.45) is 7.05 Å². The molecule has 5 rings (SSSR count). The van der Waals surface area contributed by atoms with Gasteiger partial charge < -0.3 is 4.74 Å². The average molecular weight is 462 g/mol. The summed E-state index contributed by atoms with van der Waals surface area (Å²) in [7, 11) is 1.82. The Balaban J connectivity index is 1.67. The summed E-state index contributed by atoms with van der Waals surface area (Å²) in [6.07, 6.45) is 6.08. The van der Waals surface area contributed by atoms with Gasteiger partial charge in [-0.1, -0.05) is 0 Å². The second-order valence-electron chi connectivity index (χ2n) is 8.36. The smallest absolute Gasteiger partial charge is 0.294 e. The van der Waals surface area contributed by atoms with E-state index in [2.05, 4.69) is 10.1 Å². The fraction of sp³-hybridized carbons (Fsp3) is 0.292. The Morgan fingerprint density at radius 2 is 2.06 bits per heavy atom. The molecule has 1 aliphatic rings. The average Bonchev–Trinajstić information content (AvgIpc) is 3.28. The molecule has 0 N–H and O–H groups in total. The van der Waals surface area contributed by atoms with Crippen molar-refractivity contribution in [2.75, 3.05) is 6.61 Å². The zero-order valence-electron chi connectivity index (χ0n) is 18.5. The van der Waals surface area contributed by atoms with Gasteiger partial charge in [0.1, 0.15) is 11.5 Å². The lowest BCUT2D eigenvalue weighted by atomic mass is 9.90. The first-order valence-corrected chi connectivity index (χ1v) is 10.7. The highest BCUT2D eigenvalue weighted by Crippen LogP contribution is 2.37. The summed E-state index contributed by atoms with van der Waals surface area (Å²) in [5.41, 5.74) is 0.846. The van der Waals surface area contributed by atoms with Gasteiger partial charge in [0.2, 0.25) is 5.82 Å². The number of aromatic nitrogens is 5. The minimum atomic E-state index is -0.971. The monoisotopic (exact) mass is 462 g/mol. The lowest BCUT2D eigenvalue weighted by Gasteiger charge is -2.29. The number of aryl methyl sites for hydroxylation is 2. The van der Waals surface area contributed by atoms with E-state index < -0.39 is 17.2 Å². The zero-order valence-corrected chi connectivity index (χ0v) is 18.5. The summed E-state index contributed by atoms with van der Waals surface area (Å²) < 4.78 is 38.2. The maximum Gasteiger partial charge on any atom is 0.294 e. The second-order valence-corrected chi connectivity index (χ2v) is 8.36. The molecule has 34 heavy (non-hydrogen) atoms. The molecule has 0 radical (unpaired) electrons. The van der Waals surface area contributed by atoms with Gasteiger partial charge in [-0.25, -0.2) is 14.4 Å². The predicted octanol–water partition coefficient (Wildman–Crippen LogP) is 3.58. The van der Waals surface area contributed by atoms with Crippen molar-refractivity contribution in [1.82, 2.24) is 24.1 Å². The van der Waals surface area contributed by atoms with Crippen molar-refractivity contribution in [1.29, 1.82) is 5.26 Å². The standard InChI is InChI=1S/C24H20F2N6O2/c1-13-21(26)24(33)32-12-19(15-5-6-34-20(8-15)16-10-28-31(2)11-16)30-22(23(32)29-13)17-4-3-14(9-27)7-18(17)25/h3-4,7,10-12,15,20H,5-6,8H2,1-2H3/t15-,20-/m1/s1. The zero-order chi connectivity index (χ0) is 24.0. The van der Waals surface area contributed by atoms with Crippen LogP contribution in [0.5, 0.6) is 0 Å². The van der Waals surface area contributed by atoms with Gasteiger partial charge in [0.15, 0.2) is 5.65 Å². The summed E-state index contributed by atoms with van der Waals surface area (Å²) >= 11 is 0.